The Morgan fingerprint density at radius 1 is 1.12 bits per heavy atom. The number of benzene rings is 2. The summed E-state index contributed by atoms with van der Waals surface area (Å²) >= 11 is 0. The average Bonchev–Trinajstić information content (AvgIpc) is 2.33. The summed E-state index contributed by atoms with van der Waals surface area (Å²) in [6.45, 7) is 3.92. The third-order valence-electron chi connectivity index (χ3n) is 3.60. The Kier molecular flexibility index (Phi) is 2.32. The predicted octanol–water partition coefficient (Wildman–Crippen LogP) is 3.93. The third-order valence-corrected chi connectivity index (χ3v) is 3.60. The van der Waals surface area contributed by atoms with E-state index in [0.29, 0.717) is 24.5 Å². The van der Waals surface area contributed by atoms with E-state index in [4.69, 9.17) is 0 Å². The number of Topliss-reactive ketones (excluding diaryl/α,β-unsaturated/α-hetero) is 1. The maximum atomic E-state index is 11.1. The highest BCUT2D eigenvalue weighted by molar-refractivity contribution is 5.94. The van der Waals surface area contributed by atoms with E-state index < -0.39 is 0 Å². The molecule has 0 aromatic heterocycles. The Bertz CT molecular complexity index is 602. The quantitative estimate of drug-likeness (QED) is 0.752. The lowest BCUT2D eigenvalue weighted by Gasteiger charge is -2.26. The molecule has 2 aromatic carbocycles. The van der Waals surface area contributed by atoms with E-state index >= 15 is 0 Å². The average molecular weight is 222 g/mol. The molecule has 1 heteroatoms. The third kappa shape index (κ3) is 1.59. The second kappa shape index (κ2) is 3.85. The Labute approximate surface area is 101 Å². The zero-order valence-electron chi connectivity index (χ0n) is 9.65. The molecule has 2 aromatic rings. The van der Waals surface area contributed by atoms with E-state index in [1.54, 1.807) is 0 Å². The zero-order valence-corrected chi connectivity index (χ0v) is 9.65. The maximum Gasteiger partial charge on any atom is 0.134 e. The van der Waals surface area contributed by atoms with Gasteiger partial charge in [-0.2, -0.15) is 0 Å². The molecule has 0 spiro atoms. The van der Waals surface area contributed by atoms with Crippen LogP contribution in [0.25, 0.3) is 16.8 Å². The normalized spacial score (nSPS) is 15.9. The van der Waals surface area contributed by atoms with Crippen LogP contribution in [0.1, 0.15) is 29.9 Å². The van der Waals surface area contributed by atoms with Gasteiger partial charge in [0.1, 0.15) is 5.78 Å². The standard InChI is InChI=1S/C16H14O/c1-2-14-15-6-4-3-5-11(15)7-8-16(14)12-9-13(17)10-12/h2-8,12H,1,9-10H2. The number of ketones is 1. The van der Waals surface area contributed by atoms with Crippen molar-refractivity contribution in [3.8, 4) is 0 Å². The first-order chi connectivity index (χ1) is 8.29. The van der Waals surface area contributed by atoms with E-state index in [1.807, 2.05) is 18.2 Å². The summed E-state index contributed by atoms with van der Waals surface area (Å²) < 4.78 is 0. The number of hydrogen-bond acceptors (Lipinski definition) is 1. The molecule has 1 fully saturated rings. The first kappa shape index (κ1) is 10.3. The molecule has 0 unspecified atom stereocenters. The van der Waals surface area contributed by atoms with Crippen molar-refractivity contribution in [3.63, 3.8) is 0 Å². The van der Waals surface area contributed by atoms with Crippen LogP contribution in [-0.4, -0.2) is 5.78 Å². The van der Waals surface area contributed by atoms with Crippen molar-refractivity contribution in [2.24, 2.45) is 0 Å². The summed E-state index contributed by atoms with van der Waals surface area (Å²) in [5.41, 5.74) is 2.47. The highest BCUT2D eigenvalue weighted by Crippen LogP contribution is 2.38. The molecular weight excluding hydrogens is 208 g/mol. The lowest BCUT2D eigenvalue weighted by molar-refractivity contribution is -0.124. The summed E-state index contributed by atoms with van der Waals surface area (Å²) in [7, 11) is 0. The molecule has 0 N–H and O–H groups in total. The Hall–Kier alpha value is -1.89. The number of hydrogen-bond donors (Lipinski definition) is 0. The van der Waals surface area contributed by atoms with E-state index in [2.05, 4.69) is 30.8 Å². The van der Waals surface area contributed by atoms with E-state index in [1.165, 1.54) is 21.9 Å². The SMILES string of the molecule is C=Cc1c(C2CC(=O)C2)ccc2ccccc12. The van der Waals surface area contributed by atoms with Gasteiger partial charge in [-0.3, -0.25) is 4.79 Å². The van der Waals surface area contributed by atoms with Gasteiger partial charge in [-0.25, -0.2) is 0 Å². The highest BCUT2D eigenvalue weighted by atomic mass is 16.1. The van der Waals surface area contributed by atoms with Gasteiger partial charge >= 0.3 is 0 Å². The minimum atomic E-state index is 0.373. The molecule has 0 radical (unpaired) electrons. The minimum absolute atomic E-state index is 0.373. The molecule has 17 heavy (non-hydrogen) atoms. The van der Waals surface area contributed by atoms with Crippen LogP contribution in [-0.2, 0) is 4.79 Å². The molecule has 1 aliphatic rings. The Morgan fingerprint density at radius 2 is 1.88 bits per heavy atom. The fourth-order valence-electron chi connectivity index (χ4n) is 2.61. The van der Waals surface area contributed by atoms with Crippen LogP contribution in [0.2, 0.25) is 0 Å². The van der Waals surface area contributed by atoms with Crippen molar-refractivity contribution in [1.82, 2.24) is 0 Å². The molecule has 0 atom stereocenters. The van der Waals surface area contributed by atoms with Gasteiger partial charge in [-0.15, -0.1) is 0 Å². The molecule has 3 rings (SSSR count). The van der Waals surface area contributed by atoms with Crippen LogP contribution in [0, 0.1) is 0 Å². The van der Waals surface area contributed by atoms with E-state index in [9.17, 15) is 4.79 Å². The lowest BCUT2D eigenvalue weighted by atomic mass is 9.76. The number of rotatable bonds is 2. The Morgan fingerprint density at radius 3 is 2.59 bits per heavy atom. The van der Waals surface area contributed by atoms with Gasteiger partial charge in [0.15, 0.2) is 0 Å². The summed E-state index contributed by atoms with van der Waals surface area (Å²) in [6, 6.07) is 12.6. The summed E-state index contributed by atoms with van der Waals surface area (Å²) in [5.74, 6) is 0.776. The van der Waals surface area contributed by atoms with Crippen LogP contribution in [0.4, 0.5) is 0 Å². The molecule has 0 saturated heterocycles. The molecule has 1 nitrogen and oxygen atoms in total. The Balaban J connectivity index is 2.18. The fraction of sp³-hybridized carbons (Fsp3) is 0.188. The van der Waals surface area contributed by atoms with Crippen molar-refractivity contribution in [3.05, 3.63) is 54.1 Å². The van der Waals surface area contributed by atoms with Crippen molar-refractivity contribution < 1.29 is 4.79 Å². The first-order valence-corrected chi connectivity index (χ1v) is 5.95. The molecule has 84 valence electrons. The highest BCUT2D eigenvalue weighted by Gasteiger charge is 2.29. The van der Waals surface area contributed by atoms with Crippen LogP contribution >= 0.6 is 0 Å². The van der Waals surface area contributed by atoms with Gasteiger partial charge in [-0.1, -0.05) is 49.1 Å². The van der Waals surface area contributed by atoms with Gasteiger partial charge < -0.3 is 0 Å². The summed E-state index contributed by atoms with van der Waals surface area (Å²) in [4.78, 5) is 11.1. The molecule has 1 aliphatic carbocycles. The van der Waals surface area contributed by atoms with E-state index in [-0.39, 0.29) is 0 Å². The molecular formula is C16H14O. The minimum Gasteiger partial charge on any atom is -0.300 e. The van der Waals surface area contributed by atoms with Crippen LogP contribution in [0.3, 0.4) is 0 Å². The van der Waals surface area contributed by atoms with Gasteiger partial charge in [0.05, 0.1) is 0 Å². The van der Waals surface area contributed by atoms with Gasteiger partial charge in [0, 0.05) is 12.8 Å². The van der Waals surface area contributed by atoms with Gasteiger partial charge in [0.2, 0.25) is 0 Å². The fourth-order valence-corrected chi connectivity index (χ4v) is 2.61. The molecule has 0 amide bonds. The first-order valence-electron chi connectivity index (χ1n) is 5.95. The van der Waals surface area contributed by atoms with Crippen LogP contribution < -0.4 is 0 Å². The molecule has 0 heterocycles. The van der Waals surface area contributed by atoms with E-state index in [0.717, 1.165) is 0 Å². The number of carbonyl (C=O) groups excluding carboxylic acids is 1. The van der Waals surface area contributed by atoms with Crippen molar-refractivity contribution in [2.75, 3.05) is 0 Å². The van der Waals surface area contributed by atoms with Crippen LogP contribution in [0.15, 0.2) is 43.0 Å². The summed E-state index contributed by atoms with van der Waals surface area (Å²) in [5, 5.41) is 2.47. The topological polar surface area (TPSA) is 17.1 Å². The van der Waals surface area contributed by atoms with Gasteiger partial charge in [-0.05, 0) is 27.8 Å². The van der Waals surface area contributed by atoms with Crippen LogP contribution in [0.5, 0.6) is 0 Å². The smallest absolute Gasteiger partial charge is 0.134 e. The molecule has 0 aliphatic heterocycles. The largest absolute Gasteiger partial charge is 0.300 e. The van der Waals surface area contributed by atoms with Gasteiger partial charge in [0.25, 0.3) is 0 Å². The van der Waals surface area contributed by atoms with Crippen molar-refractivity contribution >= 4 is 22.6 Å². The molecule has 0 bridgehead atoms. The zero-order chi connectivity index (χ0) is 11.8. The predicted molar refractivity (Wildman–Crippen MR) is 71.0 cm³/mol. The second-order valence-corrected chi connectivity index (χ2v) is 4.64. The number of fused-ring (bicyclic) bond motifs is 1. The second-order valence-electron chi connectivity index (χ2n) is 4.64. The van der Waals surface area contributed by atoms with Crippen molar-refractivity contribution in [1.29, 1.82) is 0 Å². The van der Waals surface area contributed by atoms with Crippen molar-refractivity contribution in [2.45, 2.75) is 18.8 Å². The summed E-state index contributed by atoms with van der Waals surface area (Å²) in [6.07, 6.45) is 3.30. The number of carbonyl (C=O) groups is 1. The molecule has 1 saturated carbocycles. The monoisotopic (exact) mass is 222 g/mol. The maximum absolute atomic E-state index is 11.1. The lowest BCUT2D eigenvalue weighted by Crippen LogP contribution is -2.21.